The average molecular weight is 301 g/mol. The number of para-hydroxylation sites is 1. The Balaban J connectivity index is 2.24. The number of aromatic nitrogens is 3. The van der Waals surface area contributed by atoms with Crippen molar-refractivity contribution in [3.63, 3.8) is 0 Å². The molecule has 0 radical (unpaired) electrons. The van der Waals surface area contributed by atoms with E-state index in [1.807, 2.05) is 66.2 Å². The van der Waals surface area contributed by atoms with Crippen LogP contribution in [0.1, 0.15) is 5.56 Å². The molecule has 4 rings (SSSR count). The molecular weight excluding hydrogens is 286 g/mol. The van der Waals surface area contributed by atoms with Crippen LogP contribution in [0.2, 0.25) is 0 Å². The number of hydrogen-bond acceptors (Lipinski definition) is 2. The van der Waals surface area contributed by atoms with Crippen LogP contribution in [0.15, 0.2) is 71.8 Å². The van der Waals surface area contributed by atoms with E-state index >= 15 is 0 Å². The lowest BCUT2D eigenvalue weighted by atomic mass is 10.1. The van der Waals surface area contributed by atoms with E-state index in [1.165, 1.54) is 0 Å². The number of fused-ring (bicyclic) bond motifs is 1. The smallest absolute Gasteiger partial charge is 0.194 e. The maximum Gasteiger partial charge on any atom is 0.194 e. The van der Waals surface area contributed by atoms with Crippen molar-refractivity contribution in [3.8, 4) is 17.1 Å². The predicted molar refractivity (Wildman–Crippen MR) is 91.9 cm³/mol. The number of pyridine rings is 2. The predicted octanol–water partition coefficient (Wildman–Crippen LogP) is 3.69. The molecule has 0 amide bonds. The molecule has 112 valence electrons. The Morgan fingerprint density at radius 2 is 1.83 bits per heavy atom. The van der Waals surface area contributed by atoms with Crippen molar-refractivity contribution in [2.45, 2.75) is 6.92 Å². The van der Waals surface area contributed by atoms with E-state index in [4.69, 9.17) is 0 Å². The van der Waals surface area contributed by atoms with Gasteiger partial charge in [0.15, 0.2) is 5.43 Å². The Morgan fingerprint density at radius 3 is 2.57 bits per heavy atom. The summed E-state index contributed by atoms with van der Waals surface area (Å²) >= 11 is 0. The van der Waals surface area contributed by atoms with Crippen molar-refractivity contribution >= 4 is 11.0 Å². The minimum atomic E-state index is 0.0184. The molecule has 23 heavy (non-hydrogen) atoms. The summed E-state index contributed by atoms with van der Waals surface area (Å²) in [5, 5.41) is 0.629. The largest absolute Gasteiger partial charge is 0.360 e. The molecule has 0 spiro atoms. The Kier molecular flexibility index (Phi) is 3.08. The molecule has 0 bridgehead atoms. The van der Waals surface area contributed by atoms with Crippen LogP contribution in [-0.4, -0.2) is 14.5 Å². The second-order valence-corrected chi connectivity index (χ2v) is 5.43. The molecule has 0 saturated carbocycles. The highest BCUT2D eigenvalue weighted by Gasteiger charge is 2.17. The zero-order chi connectivity index (χ0) is 15.8. The molecule has 0 atom stereocenters. The maximum atomic E-state index is 12.8. The highest BCUT2D eigenvalue weighted by Crippen LogP contribution is 2.27. The summed E-state index contributed by atoms with van der Waals surface area (Å²) in [6, 6.07) is 17.5. The van der Waals surface area contributed by atoms with E-state index in [-0.39, 0.29) is 5.43 Å². The number of nitrogens with one attached hydrogen (secondary N) is 1. The standard InChI is InChI=1S/C19H15N3O/c1-13-17(16-10-6-11-20-16)22(14-7-3-2-4-8-14)19-15(18(13)23)9-5-12-21-19/h2-12,20H,1H3. The third-order valence-corrected chi connectivity index (χ3v) is 4.03. The fourth-order valence-electron chi connectivity index (χ4n) is 2.96. The maximum absolute atomic E-state index is 12.8. The number of aromatic amines is 1. The molecule has 0 unspecified atom stereocenters. The lowest BCUT2D eigenvalue weighted by molar-refractivity contribution is 1.04. The van der Waals surface area contributed by atoms with E-state index in [2.05, 4.69) is 9.97 Å². The molecule has 1 N–H and O–H groups in total. The van der Waals surface area contributed by atoms with E-state index in [0.29, 0.717) is 16.6 Å². The molecular formula is C19H15N3O. The van der Waals surface area contributed by atoms with Gasteiger partial charge in [-0.3, -0.25) is 9.36 Å². The first-order valence-electron chi connectivity index (χ1n) is 7.47. The molecule has 4 aromatic rings. The van der Waals surface area contributed by atoms with Crippen molar-refractivity contribution in [3.05, 3.63) is 82.8 Å². The van der Waals surface area contributed by atoms with E-state index in [0.717, 1.165) is 17.1 Å². The molecule has 3 heterocycles. The normalized spacial score (nSPS) is 11.0. The van der Waals surface area contributed by atoms with Crippen LogP contribution < -0.4 is 5.43 Å². The average Bonchev–Trinajstić information content (AvgIpc) is 3.13. The summed E-state index contributed by atoms with van der Waals surface area (Å²) in [6.45, 7) is 1.87. The van der Waals surface area contributed by atoms with Crippen molar-refractivity contribution in [2.24, 2.45) is 0 Å². The Bertz CT molecular complexity index is 1030. The lowest BCUT2D eigenvalue weighted by Gasteiger charge is -2.18. The zero-order valence-electron chi connectivity index (χ0n) is 12.7. The van der Waals surface area contributed by atoms with Gasteiger partial charge in [-0.15, -0.1) is 0 Å². The van der Waals surface area contributed by atoms with Gasteiger partial charge in [0.2, 0.25) is 0 Å². The monoisotopic (exact) mass is 301 g/mol. The first kappa shape index (κ1) is 13.5. The number of H-pyrrole nitrogens is 1. The molecule has 0 aliphatic rings. The quantitative estimate of drug-likeness (QED) is 0.614. The van der Waals surface area contributed by atoms with Crippen LogP contribution >= 0.6 is 0 Å². The second kappa shape index (κ2) is 5.25. The van der Waals surface area contributed by atoms with Crippen molar-refractivity contribution in [1.29, 1.82) is 0 Å². The van der Waals surface area contributed by atoms with Gasteiger partial charge in [-0.1, -0.05) is 18.2 Å². The van der Waals surface area contributed by atoms with E-state index in [1.54, 1.807) is 12.3 Å². The van der Waals surface area contributed by atoms with Gasteiger partial charge >= 0.3 is 0 Å². The van der Waals surface area contributed by atoms with Crippen LogP contribution in [0.4, 0.5) is 0 Å². The van der Waals surface area contributed by atoms with Crippen LogP contribution in [0.3, 0.4) is 0 Å². The molecule has 0 aliphatic carbocycles. The third-order valence-electron chi connectivity index (χ3n) is 4.03. The first-order chi connectivity index (χ1) is 11.3. The topological polar surface area (TPSA) is 50.7 Å². The van der Waals surface area contributed by atoms with Crippen molar-refractivity contribution in [2.75, 3.05) is 0 Å². The van der Waals surface area contributed by atoms with Crippen LogP contribution in [0.25, 0.3) is 28.1 Å². The second-order valence-electron chi connectivity index (χ2n) is 5.43. The zero-order valence-corrected chi connectivity index (χ0v) is 12.7. The van der Waals surface area contributed by atoms with Gasteiger partial charge in [-0.2, -0.15) is 0 Å². The van der Waals surface area contributed by atoms with Gasteiger partial charge in [0.25, 0.3) is 0 Å². The van der Waals surface area contributed by atoms with Crippen LogP contribution in [0.5, 0.6) is 0 Å². The van der Waals surface area contributed by atoms with E-state index in [9.17, 15) is 4.79 Å². The molecule has 3 aromatic heterocycles. The minimum absolute atomic E-state index is 0.0184. The van der Waals surface area contributed by atoms with Gasteiger partial charge in [-0.05, 0) is 43.3 Å². The molecule has 4 heteroatoms. The summed E-state index contributed by atoms with van der Waals surface area (Å²) in [6.07, 6.45) is 3.58. The fourth-order valence-corrected chi connectivity index (χ4v) is 2.96. The van der Waals surface area contributed by atoms with Gasteiger partial charge in [0, 0.05) is 23.6 Å². The minimum Gasteiger partial charge on any atom is -0.360 e. The molecule has 1 aromatic carbocycles. The van der Waals surface area contributed by atoms with Crippen LogP contribution in [-0.2, 0) is 0 Å². The summed E-state index contributed by atoms with van der Waals surface area (Å²) in [4.78, 5) is 20.4. The number of nitrogens with zero attached hydrogens (tertiary/aromatic N) is 2. The van der Waals surface area contributed by atoms with Crippen molar-refractivity contribution in [1.82, 2.24) is 14.5 Å². The Labute approximate surface area is 133 Å². The summed E-state index contributed by atoms with van der Waals surface area (Å²) in [5.41, 5.74) is 4.11. The number of hydrogen-bond donors (Lipinski definition) is 1. The molecule has 4 nitrogen and oxygen atoms in total. The highest BCUT2D eigenvalue weighted by molar-refractivity contribution is 5.82. The number of benzene rings is 1. The third kappa shape index (κ3) is 2.07. The first-order valence-corrected chi connectivity index (χ1v) is 7.47. The molecule has 0 fully saturated rings. The SMILES string of the molecule is Cc1c(-c2ccc[nH]2)n(-c2ccccc2)c2ncccc2c1=O. The van der Waals surface area contributed by atoms with Gasteiger partial charge in [-0.25, -0.2) is 4.98 Å². The fraction of sp³-hybridized carbons (Fsp3) is 0.0526. The van der Waals surface area contributed by atoms with Gasteiger partial charge < -0.3 is 4.98 Å². The number of rotatable bonds is 2. The summed E-state index contributed by atoms with van der Waals surface area (Å²) < 4.78 is 2.04. The lowest BCUT2D eigenvalue weighted by Crippen LogP contribution is -2.16. The van der Waals surface area contributed by atoms with E-state index < -0.39 is 0 Å². The summed E-state index contributed by atoms with van der Waals surface area (Å²) in [7, 11) is 0. The molecule has 0 aliphatic heterocycles. The van der Waals surface area contributed by atoms with Crippen molar-refractivity contribution < 1.29 is 0 Å². The molecule has 0 saturated heterocycles. The Morgan fingerprint density at radius 1 is 1.00 bits per heavy atom. The van der Waals surface area contributed by atoms with Crippen LogP contribution in [0, 0.1) is 6.92 Å². The Hall–Kier alpha value is -3.14. The summed E-state index contributed by atoms with van der Waals surface area (Å²) in [5.74, 6) is 0. The van der Waals surface area contributed by atoms with Gasteiger partial charge in [0.05, 0.1) is 16.8 Å². The van der Waals surface area contributed by atoms with Gasteiger partial charge in [0.1, 0.15) is 5.65 Å². The highest BCUT2D eigenvalue weighted by atomic mass is 16.1.